The molecule has 21 heavy (non-hydrogen) atoms. The molecule has 1 saturated carbocycles. The number of pyridine rings is 1. The second-order valence-corrected chi connectivity index (χ2v) is 6.84. The highest BCUT2D eigenvalue weighted by Gasteiger charge is 2.37. The molecule has 4 nitrogen and oxygen atoms in total. The number of piperazine rings is 1. The summed E-state index contributed by atoms with van der Waals surface area (Å²) in [6.45, 7) is 6.82. The Bertz CT molecular complexity index is 462. The lowest BCUT2D eigenvalue weighted by atomic mass is 10.1. The first-order valence-corrected chi connectivity index (χ1v) is 8.35. The van der Waals surface area contributed by atoms with Gasteiger partial charge in [-0.15, -0.1) is 0 Å². The highest BCUT2D eigenvalue weighted by Crippen LogP contribution is 2.31. The first-order chi connectivity index (χ1) is 10.4. The minimum Gasteiger partial charge on any atom is -0.371 e. The molecule has 0 N–H and O–H groups in total. The molecule has 4 rings (SSSR count). The average molecular weight is 287 g/mol. The van der Waals surface area contributed by atoms with Gasteiger partial charge in [-0.1, -0.05) is 6.07 Å². The fourth-order valence-electron chi connectivity index (χ4n) is 3.70. The Morgan fingerprint density at radius 3 is 2.95 bits per heavy atom. The van der Waals surface area contributed by atoms with Gasteiger partial charge in [0, 0.05) is 45.0 Å². The van der Waals surface area contributed by atoms with Gasteiger partial charge in [-0.2, -0.15) is 0 Å². The van der Waals surface area contributed by atoms with Crippen LogP contribution in [0.1, 0.15) is 25.0 Å². The van der Waals surface area contributed by atoms with Crippen LogP contribution in [0.15, 0.2) is 24.4 Å². The van der Waals surface area contributed by atoms with Crippen molar-refractivity contribution in [3.8, 4) is 0 Å². The van der Waals surface area contributed by atoms with E-state index >= 15 is 0 Å². The lowest BCUT2D eigenvalue weighted by Crippen LogP contribution is -2.50. The van der Waals surface area contributed by atoms with Crippen molar-refractivity contribution in [2.75, 3.05) is 32.7 Å². The van der Waals surface area contributed by atoms with E-state index in [4.69, 9.17) is 4.74 Å². The number of rotatable bonds is 5. The van der Waals surface area contributed by atoms with E-state index in [-0.39, 0.29) is 0 Å². The summed E-state index contributed by atoms with van der Waals surface area (Å²) in [4.78, 5) is 9.65. The molecule has 0 bridgehead atoms. The van der Waals surface area contributed by atoms with E-state index in [1.54, 1.807) is 0 Å². The van der Waals surface area contributed by atoms with E-state index in [9.17, 15) is 0 Å². The van der Waals surface area contributed by atoms with E-state index < -0.39 is 0 Å². The van der Waals surface area contributed by atoms with Gasteiger partial charge in [0.05, 0.1) is 18.4 Å². The SMILES string of the molecule is c1ccc(COC2CC3CN(CC4CC4)CCN3C2)nc1. The molecule has 2 unspecified atom stereocenters. The second kappa shape index (κ2) is 6.03. The predicted molar refractivity (Wildman–Crippen MR) is 82.0 cm³/mol. The van der Waals surface area contributed by atoms with Crippen LogP contribution < -0.4 is 0 Å². The summed E-state index contributed by atoms with van der Waals surface area (Å²) in [6.07, 6.45) is 6.33. The van der Waals surface area contributed by atoms with Crippen LogP contribution in [-0.4, -0.2) is 59.7 Å². The Morgan fingerprint density at radius 1 is 1.19 bits per heavy atom. The Labute approximate surface area is 127 Å². The first kappa shape index (κ1) is 13.7. The molecule has 1 aliphatic carbocycles. The zero-order valence-corrected chi connectivity index (χ0v) is 12.7. The van der Waals surface area contributed by atoms with Gasteiger partial charge in [0.25, 0.3) is 0 Å². The summed E-state index contributed by atoms with van der Waals surface area (Å²) in [7, 11) is 0. The van der Waals surface area contributed by atoms with Crippen LogP contribution in [0.4, 0.5) is 0 Å². The molecule has 2 saturated heterocycles. The lowest BCUT2D eigenvalue weighted by Gasteiger charge is -2.37. The van der Waals surface area contributed by atoms with Crippen molar-refractivity contribution in [2.45, 2.75) is 38.0 Å². The minimum absolute atomic E-state index is 0.387. The lowest BCUT2D eigenvalue weighted by molar-refractivity contribution is 0.0441. The molecule has 114 valence electrons. The van der Waals surface area contributed by atoms with Crippen LogP contribution in [0, 0.1) is 5.92 Å². The van der Waals surface area contributed by atoms with Gasteiger partial charge in [-0.25, -0.2) is 0 Å². The molecule has 0 amide bonds. The predicted octanol–water partition coefficient (Wildman–Crippen LogP) is 1.77. The monoisotopic (exact) mass is 287 g/mol. The quantitative estimate of drug-likeness (QED) is 0.825. The molecule has 0 aromatic carbocycles. The van der Waals surface area contributed by atoms with Crippen LogP contribution in [0.3, 0.4) is 0 Å². The van der Waals surface area contributed by atoms with E-state index in [1.807, 2.05) is 24.4 Å². The van der Waals surface area contributed by atoms with Gasteiger partial charge in [0.1, 0.15) is 0 Å². The smallest absolute Gasteiger partial charge is 0.0892 e. The van der Waals surface area contributed by atoms with Crippen molar-refractivity contribution in [3.63, 3.8) is 0 Å². The molecule has 0 spiro atoms. The van der Waals surface area contributed by atoms with Crippen molar-refractivity contribution in [2.24, 2.45) is 5.92 Å². The zero-order valence-electron chi connectivity index (χ0n) is 12.7. The summed E-state index contributed by atoms with van der Waals surface area (Å²) in [5, 5.41) is 0. The van der Waals surface area contributed by atoms with Gasteiger partial charge in [0.15, 0.2) is 0 Å². The fraction of sp³-hybridized carbons (Fsp3) is 0.706. The summed E-state index contributed by atoms with van der Waals surface area (Å²) in [5.41, 5.74) is 1.04. The minimum atomic E-state index is 0.387. The normalized spacial score (nSPS) is 30.5. The van der Waals surface area contributed by atoms with E-state index in [0.29, 0.717) is 18.8 Å². The van der Waals surface area contributed by atoms with Gasteiger partial charge in [0.2, 0.25) is 0 Å². The molecule has 2 aliphatic heterocycles. The number of fused-ring (bicyclic) bond motifs is 1. The van der Waals surface area contributed by atoms with Gasteiger partial charge >= 0.3 is 0 Å². The topological polar surface area (TPSA) is 28.6 Å². The van der Waals surface area contributed by atoms with Crippen molar-refractivity contribution in [1.29, 1.82) is 0 Å². The average Bonchev–Trinajstić information content (AvgIpc) is 3.23. The second-order valence-electron chi connectivity index (χ2n) is 6.84. The van der Waals surface area contributed by atoms with Crippen LogP contribution in [-0.2, 0) is 11.3 Å². The standard InChI is InChI=1S/C17H25N3O/c1-2-6-18-15(3-1)13-21-17-9-16-11-19(10-14-4-5-14)7-8-20(16)12-17/h1-3,6,14,16-17H,4-5,7-13H2. The van der Waals surface area contributed by atoms with Gasteiger partial charge in [-0.05, 0) is 37.3 Å². The third-order valence-electron chi connectivity index (χ3n) is 5.07. The molecular weight excluding hydrogens is 262 g/mol. The van der Waals surface area contributed by atoms with Crippen molar-refractivity contribution >= 4 is 0 Å². The van der Waals surface area contributed by atoms with Gasteiger partial charge in [-0.3, -0.25) is 9.88 Å². The summed E-state index contributed by atoms with van der Waals surface area (Å²) in [5.74, 6) is 1.01. The Kier molecular flexibility index (Phi) is 3.93. The van der Waals surface area contributed by atoms with Gasteiger partial charge < -0.3 is 9.64 Å². The molecule has 0 radical (unpaired) electrons. The van der Waals surface area contributed by atoms with E-state index in [2.05, 4.69) is 14.8 Å². The third kappa shape index (κ3) is 3.44. The van der Waals surface area contributed by atoms with Crippen LogP contribution in [0.2, 0.25) is 0 Å². The number of ether oxygens (including phenoxy) is 1. The maximum Gasteiger partial charge on any atom is 0.0892 e. The fourth-order valence-corrected chi connectivity index (χ4v) is 3.70. The molecular formula is C17H25N3O. The van der Waals surface area contributed by atoms with Crippen LogP contribution >= 0.6 is 0 Å². The van der Waals surface area contributed by atoms with E-state index in [1.165, 1.54) is 45.4 Å². The number of hydrogen-bond donors (Lipinski definition) is 0. The molecule has 1 aromatic rings. The summed E-state index contributed by atoms with van der Waals surface area (Å²) < 4.78 is 6.09. The van der Waals surface area contributed by atoms with Crippen molar-refractivity contribution in [3.05, 3.63) is 30.1 Å². The number of hydrogen-bond acceptors (Lipinski definition) is 4. The molecule has 4 heteroatoms. The first-order valence-electron chi connectivity index (χ1n) is 8.35. The molecule has 2 atom stereocenters. The number of nitrogens with zero attached hydrogens (tertiary/aromatic N) is 3. The van der Waals surface area contributed by atoms with Crippen molar-refractivity contribution < 1.29 is 4.74 Å². The Hall–Kier alpha value is -0.970. The molecule has 3 fully saturated rings. The molecule has 1 aromatic heterocycles. The van der Waals surface area contributed by atoms with Crippen LogP contribution in [0.25, 0.3) is 0 Å². The third-order valence-corrected chi connectivity index (χ3v) is 5.07. The highest BCUT2D eigenvalue weighted by molar-refractivity contribution is 5.02. The number of aromatic nitrogens is 1. The highest BCUT2D eigenvalue weighted by atomic mass is 16.5. The van der Waals surface area contributed by atoms with Crippen molar-refractivity contribution in [1.82, 2.24) is 14.8 Å². The Morgan fingerprint density at radius 2 is 2.14 bits per heavy atom. The maximum atomic E-state index is 6.09. The summed E-state index contributed by atoms with van der Waals surface area (Å²) >= 11 is 0. The molecule has 3 heterocycles. The Balaban J connectivity index is 1.26. The molecule has 3 aliphatic rings. The largest absolute Gasteiger partial charge is 0.371 e. The van der Waals surface area contributed by atoms with Crippen LogP contribution in [0.5, 0.6) is 0 Å². The van der Waals surface area contributed by atoms with E-state index in [0.717, 1.165) is 18.2 Å². The zero-order chi connectivity index (χ0) is 14.1. The summed E-state index contributed by atoms with van der Waals surface area (Å²) in [6, 6.07) is 6.73. The maximum absolute atomic E-state index is 6.09.